The minimum absolute atomic E-state index is 0.660. The normalized spacial score (nSPS) is 16.7. The zero-order chi connectivity index (χ0) is 8.84. The van der Waals surface area contributed by atoms with Crippen molar-refractivity contribution in [2.45, 2.75) is 18.8 Å². The van der Waals surface area contributed by atoms with E-state index >= 15 is 0 Å². The molecule has 0 radical (unpaired) electrons. The number of aromatic nitrogens is 3. The van der Waals surface area contributed by atoms with Gasteiger partial charge in [-0.15, -0.1) is 0 Å². The minimum atomic E-state index is 0.660. The summed E-state index contributed by atoms with van der Waals surface area (Å²) >= 11 is 3.33. The number of nitrogens with one attached hydrogen (secondary N) is 1. The Morgan fingerprint density at radius 1 is 1.31 bits per heavy atom. The highest BCUT2D eigenvalue weighted by Gasteiger charge is 2.26. The molecule has 0 aromatic carbocycles. The lowest BCUT2D eigenvalue weighted by Gasteiger charge is -1.86. The van der Waals surface area contributed by atoms with Crippen LogP contribution in [0.1, 0.15) is 24.6 Å². The van der Waals surface area contributed by atoms with Crippen molar-refractivity contribution in [3.05, 3.63) is 22.6 Å². The fourth-order valence-electron chi connectivity index (χ4n) is 1.44. The van der Waals surface area contributed by atoms with E-state index in [1.165, 1.54) is 12.8 Å². The van der Waals surface area contributed by atoms with Crippen molar-refractivity contribution in [3.8, 4) is 0 Å². The van der Waals surface area contributed by atoms with Gasteiger partial charge in [0.25, 0.3) is 0 Å². The molecule has 1 fully saturated rings. The van der Waals surface area contributed by atoms with Crippen LogP contribution in [0.15, 0.2) is 16.7 Å². The predicted octanol–water partition coefficient (Wildman–Crippen LogP) is 2.60. The van der Waals surface area contributed by atoms with Gasteiger partial charge in [-0.05, 0) is 40.9 Å². The number of pyridine rings is 1. The van der Waals surface area contributed by atoms with Crippen LogP contribution in [0.3, 0.4) is 0 Å². The topological polar surface area (TPSA) is 41.6 Å². The first-order valence-electron chi connectivity index (χ1n) is 4.35. The lowest BCUT2D eigenvalue weighted by molar-refractivity contribution is 0.983. The fraction of sp³-hybridized carbons (Fsp3) is 0.333. The molecular formula is C9H8BrN3. The zero-order valence-corrected chi connectivity index (χ0v) is 8.50. The number of nitrogens with zero attached hydrogens (tertiary/aromatic N) is 2. The molecule has 2 heterocycles. The van der Waals surface area contributed by atoms with E-state index in [2.05, 4.69) is 30.9 Å². The molecule has 13 heavy (non-hydrogen) atoms. The second kappa shape index (κ2) is 2.54. The third-order valence-electron chi connectivity index (χ3n) is 2.29. The van der Waals surface area contributed by atoms with Gasteiger partial charge in [0, 0.05) is 5.92 Å². The van der Waals surface area contributed by atoms with Gasteiger partial charge in [0.15, 0.2) is 5.65 Å². The molecular weight excluding hydrogens is 230 g/mol. The maximum atomic E-state index is 4.44. The van der Waals surface area contributed by atoms with E-state index in [0.717, 1.165) is 21.6 Å². The summed E-state index contributed by atoms with van der Waals surface area (Å²) in [4.78, 5) is 12.0. The molecule has 1 aliphatic rings. The number of halogens is 1. The number of fused-ring (bicyclic) bond motifs is 1. The van der Waals surface area contributed by atoms with Crippen LogP contribution in [-0.2, 0) is 0 Å². The second-order valence-corrected chi connectivity index (χ2v) is 4.21. The van der Waals surface area contributed by atoms with Crippen LogP contribution in [0.4, 0.5) is 0 Å². The highest BCUT2D eigenvalue weighted by molar-refractivity contribution is 9.10. The third kappa shape index (κ3) is 1.25. The Kier molecular flexibility index (Phi) is 1.47. The van der Waals surface area contributed by atoms with Crippen LogP contribution in [0, 0.1) is 0 Å². The summed E-state index contributed by atoms with van der Waals surface area (Å²) in [6.07, 6.45) is 2.53. The molecule has 3 rings (SSSR count). The smallest absolute Gasteiger partial charge is 0.178 e. The molecule has 4 heteroatoms. The van der Waals surface area contributed by atoms with E-state index in [0.29, 0.717) is 5.92 Å². The van der Waals surface area contributed by atoms with Crippen molar-refractivity contribution in [1.82, 2.24) is 15.0 Å². The quantitative estimate of drug-likeness (QED) is 0.776. The summed E-state index contributed by atoms with van der Waals surface area (Å²) < 4.78 is 0.842. The number of hydrogen-bond acceptors (Lipinski definition) is 2. The molecule has 1 aliphatic carbocycles. The molecule has 2 aromatic heterocycles. The van der Waals surface area contributed by atoms with Gasteiger partial charge in [0.2, 0.25) is 0 Å². The van der Waals surface area contributed by atoms with Crippen molar-refractivity contribution in [2.24, 2.45) is 0 Å². The van der Waals surface area contributed by atoms with Crippen LogP contribution in [-0.4, -0.2) is 15.0 Å². The van der Waals surface area contributed by atoms with Crippen molar-refractivity contribution in [2.75, 3.05) is 0 Å². The van der Waals surface area contributed by atoms with Gasteiger partial charge < -0.3 is 4.98 Å². The number of hydrogen-bond donors (Lipinski definition) is 1. The molecule has 0 spiro atoms. The van der Waals surface area contributed by atoms with Gasteiger partial charge in [-0.2, -0.15) is 0 Å². The fourth-order valence-corrected chi connectivity index (χ4v) is 1.74. The van der Waals surface area contributed by atoms with Crippen molar-refractivity contribution >= 4 is 27.1 Å². The van der Waals surface area contributed by atoms with Gasteiger partial charge in [-0.3, -0.25) is 0 Å². The summed E-state index contributed by atoms with van der Waals surface area (Å²) in [6, 6.07) is 3.93. The van der Waals surface area contributed by atoms with Gasteiger partial charge in [0.1, 0.15) is 10.4 Å². The van der Waals surface area contributed by atoms with Gasteiger partial charge in [0.05, 0.1) is 5.52 Å². The molecule has 0 bridgehead atoms. The maximum absolute atomic E-state index is 4.44. The average Bonchev–Trinajstić information content (AvgIpc) is 2.87. The van der Waals surface area contributed by atoms with Crippen molar-refractivity contribution in [3.63, 3.8) is 0 Å². The predicted molar refractivity (Wildman–Crippen MR) is 53.6 cm³/mol. The van der Waals surface area contributed by atoms with Crippen LogP contribution in [0.2, 0.25) is 0 Å². The van der Waals surface area contributed by atoms with E-state index in [1.807, 2.05) is 12.1 Å². The van der Waals surface area contributed by atoms with E-state index in [9.17, 15) is 0 Å². The first kappa shape index (κ1) is 7.50. The van der Waals surface area contributed by atoms with E-state index in [1.54, 1.807) is 0 Å². The molecule has 0 amide bonds. The van der Waals surface area contributed by atoms with Gasteiger partial charge >= 0.3 is 0 Å². The summed E-state index contributed by atoms with van der Waals surface area (Å²) in [5.41, 5.74) is 1.85. The van der Waals surface area contributed by atoms with Crippen LogP contribution in [0.25, 0.3) is 11.2 Å². The maximum Gasteiger partial charge on any atom is 0.178 e. The molecule has 1 N–H and O–H groups in total. The zero-order valence-electron chi connectivity index (χ0n) is 6.92. The van der Waals surface area contributed by atoms with Crippen LogP contribution in [0.5, 0.6) is 0 Å². The number of H-pyrrole nitrogens is 1. The van der Waals surface area contributed by atoms with Crippen LogP contribution < -0.4 is 0 Å². The molecule has 3 nitrogen and oxygen atoms in total. The Bertz CT molecular complexity index is 459. The summed E-state index contributed by atoms with van der Waals surface area (Å²) in [5.74, 6) is 1.76. The average molecular weight is 238 g/mol. The largest absolute Gasteiger partial charge is 0.340 e. The molecule has 0 aliphatic heterocycles. The number of aromatic amines is 1. The first-order chi connectivity index (χ1) is 6.33. The van der Waals surface area contributed by atoms with Gasteiger partial charge in [-0.25, -0.2) is 9.97 Å². The SMILES string of the molecule is Brc1ccc2[nH]c(C3CC3)nc2n1. The molecule has 0 unspecified atom stereocenters. The number of rotatable bonds is 1. The Balaban J connectivity index is 2.20. The second-order valence-electron chi connectivity index (χ2n) is 3.40. The molecule has 66 valence electrons. The van der Waals surface area contributed by atoms with Gasteiger partial charge in [-0.1, -0.05) is 0 Å². The monoisotopic (exact) mass is 237 g/mol. The Hall–Kier alpha value is -0.900. The van der Waals surface area contributed by atoms with E-state index in [-0.39, 0.29) is 0 Å². The highest BCUT2D eigenvalue weighted by Crippen LogP contribution is 2.38. The first-order valence-corrected chi connectivity index (χ1v) is 5.14. The molecule has 2 aromatic rings. The standard InChI is InChI=1S/C9H8BrN3/c10-7-4-3-6-9(12-7)13-8(11-6)5-1-2-5/h3-5H,1-2H2,(H,11,12,13). The van der Waals surface area contributed by atoms with Crippen molar-refractivity contribution in [1.29, 1.82) is 0 Å². The number of imidazole rings is 1. The summed E-state index contributed by atoms with van der Waals surface area (Å²) in [6.45, 7) is 0. The lowest BCUT2D eigenvalue weighted by atomic mass is 10.4. The Morgan fingerprint density at radius 3 is 2.92 bits per heavy atom. The molecule has 1 saturated carbocycles. The Morgan fingerprint density at radius 2 is 2.15 bits per heavy atom. The van der Waals surface area contributed by atoms with Crippen LogP contribution >= 0.6 is 15.9 Å². The van der Waals surface area contributed by atoms with E-state index in [4.69, 9.17) is 0 Å². The summed E-state index contributed by atoms with van der Waals surface area (Å²) in [7, 11) is 0. The van der Waals surface area contributed by atoms with E-state index < -0.39 is 0 Å². The highest BCUT2D eigenvalue weighted by atomic mass is 79.9. The van der Waals surface area contributed by atoms with Crippen molar-refractivity contribution < 1.29 is 0 Å². The molecule has 0 atom stereocenters. The third-order valence-corrected chi connectivity index (χ3v) is 2.74. The molecule has 0 saturated heterocycles. The summed E-state index contributed by atoms with van der Waals surface area (Å²) in [5, 5.41) is 0. The minimum Gasteiger partial charge on any atom is -0.340 e. The Labute approximate surface area is 83.7 Å². The lowest BCUT2D eigenvalue weighted by Crippen LogP contribution is -1.80.